The standard InChI is InChI=1S/C19H26N2O3/c1-13-8-16(13)19(22)21-9-17-15(12-24-18(17)10-21)4-7-23-11-14-2-5-20-6-3-14/h2-3,5-6,13,15-18H,4,7-12H2,1H3/t13-,15+,16+,17+,18+/m1/s1. The van der Waals surface area contributed by atoms with E-state index >= 15 is 0 Å². The van der Waals surface area contributed by atoms with E-state index in [9.17, 15) is 4.79 Å². The molecule has 130 valence electrons. The van der Waals surface area contributed by atoms with Crippen LogP contribution in [0.1, 0.15) is 25.3 Å². The summed E-state index contributed by atoms with van der Waals surface area (Å²) in [7, 11) is 0. The van der Waals surface area contributed by atoms with Gasteiger partial charge < -0.3 is 14.4 Å². The maximum Gasteiger partial charge on any atom is 0.226 e. The first-order valence-corrected chi connectivity index (χ1v) is 9.09. The minimum Gasteiger partial charge on any atom is -0.377 e. The van der Waals surface area contributed by atoms with Gasteiger partial charge in [0.15, 0.2) is 0 Å². The molecule has 3 heterocycles. The minimum absolute atomic E-state index is 0.244. The Morgan fingerprint density at radius 1 is 1.38 bits per heavy atom. The smallest absolute Gasteiger partial charge is 0.226 e. The first kappa shape index (κ1) is 16.0. The van der Waals surface area contributed by atoms with Crippen molar-refractivity contribution in [1.82, 2.24) is 9.88 Å². The van der Waals surface area contributed by atoms with Crippen LogP contribution >= 0.6 is 0 Å². The number of fused-ring (bicyclic) bond motifs is 1. The summed E-state index contributed by atoms with van der Waals surface area (Å²) in [6.07, 6.45) is 5.90. The summed E-state index contributed by atoms with van der Waals surface area (Å²) in [5.41, 5.74) is 1.15. The summed E-state index contributed by atoms with van der Waals surface area (Å²) >= 11 is 0. The van der Waals surface area contributed by atoms with Gasteiger partial charge in [0.1, 0.15) is 0 Å². The zero-order valence-corrected chi connectivity index (χ0v) is 14.3. The van der Waals surface area contributed by atoms with Gasteiger partial charge in [-0.1, -0.05) is 6.92 Å². The van der Waals surface area contributed by atoms with Crippen molar-refractivity contribution in [2.24, 2.45) is 23.7 Å². The number of rotatable bonds is 6. The summed E-state index contributed by atoms with van der Waals surface area (Å²) in [5, 5.41) is 0. The normalized spacial score (nSPS) is 34.4. The fraction of sp³-hybridized carbons (Fsp3) is 0.684. The monoisotopic (exact) mass is 330 g/mol. The molecule has 1 saturated carbocycles. The molecule has 1 aliphatic carbocycles. The molecule has 3 fully saturated rings. The van der Waals surface area contributed by atoms with Crippen LogP contribution in [-0.4, -0.2) is 48.2 Å². The van der Waals surface area contributed by atoms with Gasteiger partial charge in [0.25, 0.3) is 0 Å². The minimum atomic E-state index is 0.244. The fourth-order valence-electron chi connectivity index (χ4n) is 4.08. The number of aromatic nitrogens is 1. The molecule has 0 bridgehead atoms. The third-order valence-electron chi connectivity index (χ3n) is 5.83. The number of hydrogen-bond donors (Lipinski definition) is 0. The molecular weight excluding hydrogens is 304 g/mol. The van der Waals surface area contributed by atoms with Gasteiger partial charge in [-0.3, -0.25) is 9.78 Å². The molecule has 2 saturated heterocycles. The average molecular weight is 330 g/mol. The van der Waals surface area contributed by atoms with Gasteiger partial charge in [-0.2, -0.15) is 0 Å². The second-order valence-electron chi connectivity index (χ2n) is 7.56. The second kappa shape index (κ2) is 6.81. The highest BCUT2D eigenvalue weighted by molar-refractivity contribution is 5.82. The number of nitrogens with zero attached hydrogens (tertiary/aromatic N) is 2. The molecule has 3 aliphatic rings. The summed E-state index contributed by atoms with van der Waals surface area (Å²) in [6.45, 7) is 6.03. The van der Waals surface area contributed by atoms with Crippen molar-refractivity contribution in [3.8, 4) is 0 Å². The first-order chi connectivity index (χ1) is 11.7. The zero-order valence-electron chi connectivity index (χ0n) is 14.3. The van der Waals surface area contributed by atoms with E-state index in [2.05, 4.69) is 11.9 Å². The number of pyridine rings is 1. The van der Waals surface area contributed by atoms with Crippen LogP contribution in [0.3, 0.4) is 0 Å². The number of carbonyl (C=O) groups is 1. The molecule has 1 aromatic rings. The van der Waals surface area contributed by atoms with Crippen molar-refractivity contribution in [2.75, 3.05) is 26.3 Å². The van der Waals surface area contributed by atoms with Crippen LogP contribution < -0.4 is 0 Å². The van der Waals surface area contributed by atoms with E-state index in [0.29, 0.717) is 30.3 Å². The molecule has 0 N–H and O–H groups in total. The zero-order chi connectivity index (χ0) is 16.5. The number of carbonyl (C=O) groups excluding carboxylic acids is 1. The van der Waals surface area contributed by atoms with Gasteiger partial charge in [-0.15, -0.1) is 0 Å². The van der Waals surface area contributed by atoms with Crippen LogP contribution in [-0.2, 0) is 20.9 Å². The van der Waals surface area contributed by atoms with Crippen molar-refractivity contribution >= 4 is 5.91 Å². The fourth-order valence-corrected chi connectivity index (χ4v) is 4.08. The van der Waals surface area contributed by atoms with E-state index in [1.54, 1.807) is 12.4 Å². The Morgan fingerprint density at radius 2 is 2.17 bits per heavy atom. The molecule has 24 heavy (non-hydrogen) atoms. The van der Waals surface area contributed by atoms with Gasteiger partial charge in [0, 0.05) is 43.9 Å². The van der Waals surface area contributed by atoms with E-state index in [1.807, 2.05) is 17.0 Å². The van der Waals surface area contributed by atoms with Crippen LogP contribution in [0, 0.1) is 23.7 Å². The van der Waals surface area contributed by atoms with Gasteiger partial charge in [-0.25, -0.2) is 0 Å². The lowest BCUT2D eigenvalue weighted by molar-refractivity contribution is -0.132. The molecular formula is C19H26N2O3. The van der Waals surface area contributed by atoms with E-state index in [4.69, 9.17) is 9.47 Å². The predicted molar refractivity (Wildman–Crippen MR) is 89.1 cm³/mol. The molecule has 0 spiro atoms. The second-order valence-corrected chi connectivity index (χ2v) is 7.56. The van der Waals surface area contributed by atoms with Gasteiger partial charge in [0.2, 0.25) is 5.91 Å². The third kappa shape index (κ3) is 3.33. The molecule has 0 radical (unpaired) electrons. The maximum absolute atomic E-state index is 12.4. The lowest BCUT2D eigenvalue weighted by atomic mass is 9.91. The van der Waals surface area contributed by atoms with Crippen molar-refractivity contribution in [3.05, 3.63) is 30.1 Å². The molecule has 5 heteroatoms. The Bertz CT molecular complexity index is 579. The summed E-state index contributed by atoms with van der Waals surface area (Å²) < 4.78 is 11.8. The summed E-state index contributed by atoms with van der Waals surface area (Å²) in [5.74, 6) is 2.23. The topological polar surface area (TPSA) is 51.7 Å². The first-order valence-electron chi connectivity index (χ1n) is 9.09. The molecule has 1 amide bonds. The maximum atomic E-state index is 12.4. The van der Waals surface area contributed by atoms with Crippen molar-refractivity contribution in [2.45, 2.75) is 32.5 Å². The molecule has 0 aromatic carbocycles. The van der Waals surface area contributed by atoms with Gasteiger partial charge in [-0.05, 0) is 42.4 Å². The average Bonchev–Trinajstić information content (AvgIpc) is 3.02. The van der Waals surface area contributed by atoms with Crippen LogP contribution in [0.5, 0.6) is 0 Å². The lowest BCUT2D eigenvalue weighted by Crippen LogP contribution is -2.32. The Balaban J connectivity index is 1.22. The predicted octanol–water partition coefficient (Wildman–Crippen LogP) is 2.12. The van der Waals surface area contributed by atoms with E-state index in [0.717, 1.165) is 44.7 Å². The molecule has 1 aromatic heterocycles. The number of hydrogen-bond acceptors (Lipinski definition) is 4. The lowest BCUT2D eigenvalue weighted by Gasteiger charge is -2.20. The molecule has 5 nitrogen and oxygen atoms in total. The highest BCUT2D eigenvalue weighted by atomic mass is 16.5. The van der Waals surface area contributed by atoms with E-state index in [1.165, 1.54) is 0 Å². The summed E-state index contributed by atoms with van der Waals surface area (Å²) in [4.78, 5) is 18.5. The van der Waals surface area contributed by atoms with Crippen molar-refractivity contribution < 1.29 is 14.3 Å². The van der Waals surface area contributed by atoms with Gasteiger partial charge >= 0.3 is 0 Å². The largest absolute Gasteiger partial charge is 0.377 e. The SMILES string of the molecule is C[C@@H]1C[C@@H]1C(=O)N1C[C@H]2[C@@H](CCOCc3ccncc3)CO[C@H]2C1. The van der Waals surface area contributed by atoms with Crippen LogP contribution in [0.4, 0.5) is 0 Å². The Labute approximate surface area is 143 Å². The quantitative estimate of drug-likeness (QED) is 0.750. The number of likely N-dealkylation sites (tertiary alicyclic amines) is 1. The van der Waals surface area contributed by atoms with Crippen LogP contribution in [0.25, 0.3) is 0 Å². The highest BCUT2D eigenvalue weighted by Crippen LogP contribution is 2.42. The number of amides is 1. The molecule has 0 unspecified atom stereocenters. The Kier molecular flexibility index (Phi) is 4.55. The Morgan fingerprint density at radius 3 is 2.92 bits per heavy atom. The van der Waals surface area contributed by atoms with Crippen LogP contribution in [0.2, 0.25) is 0 Å². The number of ether oxygens (including phenoxy) is 2. The van der Waals surface area contributed by atoms with E-state index in [-0.39, 0.29) is 12.0 Å². The molecule has 2 aliphatic heterocycles. The van der Waals surface area contributed by atoms with Crippen LogP contribution in [0.15, 0.2) is 24.5 Å². The third-order valence-corrected chi connectivity index (χ3v) is 5.83. The Hall–Kier alpha value is -1.46. The van der Waals surface area contributed by atoms with Crippen molar-refractivity contribution in [3.63, 3.8) is 0 Å². The van der Waals surface area contributed by atoms with E-state index < -0.39 is 0 Å². The van der Waals surface area contributed by atoms with Crippen molar-refractivity contribution in [1.29, 1.82) is 0 Å². The summed E-state index contributed by atoms with van der Waals surface area (Å²) in [6, 6.07) is 3.96. The highest BCUT2D eigenvalue weighted by Gasteiger charge is 2.49. The molecule has 4 rings (SSSR count). The van der Waals surface area contributed by atoms with Gasteiger partial charge in [0.05, 0.1) is 19.3 Å². The molecule has 5 atom stereocenters.